The second-order valence-corrected chi connectivity index (χ2v) is 7.00. The number of carbonyl (C=O) groups excluding carboxylic acids is 1. The van der Waals surface area contributed by atoms with E-state index in [4.69, 9.17) is 9.47 Å². The highest BCUT2D eigenvalue weighted by molar-refractivity contribution is 5.92. The van der Waals surface area contributed by atoms with E-state index in [0.717, 1.165) is 30.6 Å². The molecule has 1 aliphatic rings. The third kappa shape index (κ3) is 7.11. The molecule has 144 valence electrons. The Hall–Kier alpha value is -1.97. The summed E-state index contributed by atoms with van der Waals surface area (Å²) in [4.78, 5) is 12.1. The van der Waals surface area contributed by atoms with E-state index in [1.807, 2.05) is 24.3 Å². The maximum absolute atomic E-state index is 12.1. The number of nitrogens with one attached hydrogen (secondary N) is 1. The van der Waals surface area contributed by atoms with Gasteiger partial charge in [-0.1, -0.05) is 51.5 Å². The van der Waals surface area contributed by atoms with E-state index in [9.17, 15) is 4.79 Å². The first-order valence-electron chi connectivity index (χ1n) is 10.0. The lowest BCUT2D eigenvalue weighted by atomic mass is 9.95. The maximum Gasteiger partial charge on any atom is 0.244 e. The molecule has 1 N–H and O–H groups in total. The molecule has 0 unspecified atom stereocenters. The summed E-state index contributed by atoms with van der Waals surface area (Å²) in [7, 11) is 1.64. The Morgan fingerprint density at radius 2 is 1.96 bits per heavy atom. The van der Waals surface area contributed by atoms with Crippen LogP contribution in [0, 0.1) is 0 Å². The standard InChI is InChI=1S/C22H33NO3/c1-3-4-5-9-16-26-20-14-12-18(17-21(20)25-2)13-15-22(24)23-19-10-7-6-8-11-19/h12-15,17,19H,3-11,16H2,1-2H3,(H,23,24)/b15-13+. The largest absolute Gasteiger partial charge is 0.493 e. The summed E-state index contributed by atoms with van der Waals surface area (Å²) in [6, 6.07) is 6.11. The van der Waals surface area contributed by atoms with Crippen LogP contribution in [0.2, 0.25) is 0 Å². The van der Waals surface area contributed by atoms with Crippen molar-refractivity contribution in [2.45, 2.75) is 70.8 Å². The van der Waals surface area contributed by atoms with Crippen molar-refractivity contribution in [3.63, 3.8) is 0 Å². The van der Waals surface area contributed by atoms with Crippen molar-refractivity contribution < 1.29 is 14.3 Å². The predicted octanol–water partition coefficient (Wildman–Crippen LogP) is 5.12. The molecule has 4 heteroatoms. The first-order valence-corrected chi connectivity index (χ1v) is 10.0. The summed E-state index contributed by atoms with van der Waals surface area (Å²) in [6.07, 6.45) is 14.0. The molecule has 0 aromatic heterocycles. The molecule has 0 heterocycles. The topological polar surface area (TPSA) is 47.6 Å². The van der Waals surface area contributed by atoms with Crippen LogP contribution in [0.5, 0.6) is 11.5 Å². The van der Waals surface area contributed by atoms with Gasteiger partial charge in [0.15, 0.2) is 11.5 Å². The molecule has 2 rings (SSSR count). The summed E-state index contributed by atoms with van der Waals surface area (Å²) in [6.45, 7) is 2.90. The summed E-state index contributed by atoms with van der Waals surface area (Å²) >= 11 is 0. The summed E-state index contributed by atoms with van der Waals surface area (Å²) in [5.41, 5.74) is 0.930. The zero-order chi connectivity index (χ0) is 18.6. The lowest BCUT2D eigenvalue weighted by molar-refractivity contribution is -0.117. The van der Waals surface area contributed by atoms with Crippen LogP contribution in [0.3, 0.4) is 0 Å². The fraction of sp³-hybridized carbons (Fsp3) is 0.591. The minimum absolute atomic E-state index is 0.0212. The molecule has 1 aliphatic carbocycles. The van der Waals surface area contributed by atoms with Crippen molar-refractivity contribution in [1.29, 1.82) is 0 Å². The van der Waals surface area contributed by atoms with E-state index in [0.29, 0.717) is 18.4 Å². The number of rotatable bonds is 10. The van der Waals surface area contributed by atoms with Crippen molar-refractivity contribution >= 4 is 12.0 Å². The number of methoxy groups -OCH3 is 1. The minimum Gasteiger partial charge on any atom is -0.493 e. The van der Waals surface area contributed by atoms with Gasteiger partial charge in [-0.15, -0.1) is 0 Å². The van der Waals surface area contributed by atoms with Crippen LogP contribution in [0.25, 0.3) is 6.08 Å². The average molecular weight is 360 g/mol. The van der Waals surface area contributed by atoms with Crippen LogP contribution in [0.1, 0.15) is 70.3 Å². The summed E-state index contributed by atoms with van der Waals surface area (Å²) in [5, 5.41) is 3.09. The number of hydrogen-bond donors (Lipinski definition) is 1. The van der Waals surface area contributed by atoms with Gasteiger partial charge >= 0.3 is 0 Å². The molecule has 1 saturated carbocycles. The Balaban J connectivity index is 1.85. The maximum atomic E-state index is 12.1. The van der Waals surface area contributed by atoms with Crippen LogP contribution in [0.4, 0.5) is 0 Å². The van der Waals surface area contributed by atoms with Crippen LogP contribution in [0.15, 0.2) is 24.3 Å². The average Bonchev–Trinajstić information content (AvgIpc) is 2.67. The van der Waals surface area contributed by atoms with Crippen LogP contribution >= 0.6 is 0 Å². The molecule has 0 atom stereocenters. The fourth-order valence-electron chi connectivity index (χ4n) is 3.29. The van der Waals surface area contributed by atoms with E-state index >= 15 is 0 Å². The van der Waals surface area contributed by atoms with Crippen molar-refractivity contribution in [2.75, 3.05) is 13.7 Å². The minimum atomic E-state index is -0.0212. The van der Waals surface area contributed by atoms with Crippen LogP contribution in [-0.4, -0.2) is 25.7 Å². The van der Waals surface area contributed by atoms with Crippen molar-refractivity contribution in [3.05, 3.63) is 29.8 Å². The monoisotopic (exact) mass is 359 g/mol. The molecule has 1 amide bonds. The van der Waals surface area contributed by atoms with Gasteiger partial charge in [-0.2, -0.15) is 0 Å². The second-order valence-electron chi connectivity index (χ2n) is 7.00. The van der Waals surface area contributed by atoms with E-state index in [-0.39, 0.29) is 5.91 Å². The number of hydrogen-bond acceptors (Lipinski definition) is 3. The Morgan fingerprint density at radius 3 is 2.69 bits per heavy atom. The van der Waals surface area contributed by atoms with Gasteiger partial charge in [-0.25, -0.2) is 0 Å². The predicted molar refractivity (Wildman–Crippen MR) is 107 cm³/mol. The van der Waals surface area contributed by atoms with Crippen LogP contribution in [-0.2, 0) is 4.79 Å². The molecule has 26 heavy (non-hydrogen) atoms. The van der Waals surface area contributed by atoms with Crippen molar-refractivity contribution in [2.24, 2.45) is 0 Å². The van der Waals surface area contributed by atoms with E-state index in [1.54, 1.807) is 13.2 Å². The van der Waals surface area contributed by atoms with Gasteiger partial charge in [0.25, 0.3) is 0 Å². The fourth-order valence-corrected chi connectivity index (χ4v) is 3.29. The molecule has 1 fully saturated rings. The molecular formula is C22H33NO3. The molecule has 0 radical (unpaired) electrons. The molecular weight excluding hydrogens is 326 g/mol. The number of amides is 1. The normalized spacial score (nSPS) is 15.2. The molecule has 0 spiro atoms. The number of unbranched alkanes of at least 4 members (excludes halogenated alkanes) is 3. The van der Waals surface area contributed by atoms with Gasteiger partial charge in [0, 0.05) is 12.1 Å². The third-order valence-electron chi connectivity index (χ3n) is 4.82. The Kier molecular flexibility index (Phi) is 9.08. The van der Waals surface area contributed by atoms with Gasteiger partial charge in [0.05, 0.1) is 13.7 Å². The van der Waals surface area contributed by atoms with Crippen molar-refractivity contribution in [1.82, 2.24) is 5.32 Å². The second kappa shape index (κ2) is 11.6. The molecule has 4 nitrogen and oxygen atoms in total. The Bertz CT molecular complexity index is 577. The number of carbonyl (C=O) groups is 1. The quantitative estimate of drug-likeness (QED) is 0.466. The number of ether oxygens (including phenoxy) is 2. The van der Waals surface area contributed by atoms with Crippen LogP contribution < -0.4 is 14.8 Å². The SMILES string of the molecule is CCCCCCOc1ccc(/C=C/C(=O)NC2CCCCC2)cc1OC. The first-order chi connectivity index (χ1) is 12.7. The molecule has 0 saturated heterocycles. The third-order valence-corrected chi connectivity index (χ3v) is 4.82. The zero-order valence-corrected chi connectivity index (χ0v) is 16.3. The van der Waals surface area contributed by atoms with Crippen molar-refractivity contribution in [3.8, 4) is 11.5 Å². The molecule has 1 aromatic carbocycles. The Labute approximate surface area is 158 Å². The summed E-state index contributed by atoms with van der Waals surface area (Å²) in [5.74, 6) is 1.44. The lowest BCUT2D eigenvalue weighted by Gasteiger charge is -2.21. The lowest BCUT2D eigenvalue weighted by Crippen LogP contribution is -2.34. The van der Waals surface area contributed by atoms with E-state index < -0.39 is 0 Å². The summed E-state index contributed by atoms with van der Waals surface area (Å²) < 4.78 is 11.3. The van der Waals surface area contributed by atoms with E-state index in [1.165, 1.54) is 38.5 Å². The highest BCUT2D eigenvalue weighted by atomic mass is 16.5. The molecule has 0 aliphatic heterocycles. The molecule has 1 aromatic rings. The smallest absolute Gasteiger partial charge is 0.244 e. The Morgan fingerprint density at radius 1 is 1.15 bits per heavy atom. The molecule has 0 bridgehead atoms. The van der Waals surface area contributed by atoms with Gasteiger partial charge < -0.3 is 14.8 Å². The zero-order valence-electron chi connectivity index (χ0n) is 16.3. The van der Waals surface area contributed by atoms with Gasteiger partial charge in [-0.3, -0.25) is 4.79 Å². The highest BCUT2D eigenvalue weighted by Crippen LogP contribution is 2.28. The van der Waals surface area contributed by atoms with E-state index in [2.05, 4.69) is 12.2 Å². The van der Waals surface area contributed by atoms with Gasteiger partial charge in [0.2, 0.25) is 5.91 Å². The highest BCUT2D eigenvalue weighted by Gasteiger charge is 2.14. The van der Waals surface area contributed by atoms with Gasteiger partial charge in [0.1, 0.15) is 0 Å². The first kappa shape index (κ1) is 20.3. The van der Waals surface area contributed by atoms with Gasteiger partial charge in [-0.05, 0) is 43.0 Å². The number of benzene rings is 1.